The van der Waals surface area contributed by atoms with Crippen LogP contribution in [-0.4, -0.2) is 13.1 Å². The van der Waals surface area contributed by atoms with Crippen LogP contribution < -0.4 is 4.74 Å². The fourth-order valence-corrected chi connectivity index (χ4v) is 3.57. The third-order valence-electron chi connectivity index (χ3n) is 4.84. The van der Waals surface area contributed by atoms with Crippen LogP contribution in [0.3, 0.4) is 0 Å². The molecule has 3 heteroatoms. The van der Waals surface area contributed by atoms with Crippen molar-refractivity contribution in [3.8, 4) is 5.75 Å². The minimum absolute atomic E-state index is 0.0124. The van der Waals surface area contributed by atoms with E-state index in [1.54, 1.807) is 7.11 Å². The molecule has 0 spiro atoms. The van der Waals surface area contributed by atoms with Gasteiger partial charge in [0.05, 0.1) is 13.0 Å². The number of hydrogen-bond donors (Lipinski definition) is 0. The SMILES string of the molecule is COc1ccc([C@@H]2C(OC(C)=O)=CCC=C[C@]2(C)CCC=C(C)C)cc1. The van der Waals surface area contributed by atoms with Gasteiger partial charge in [-0.05, 0) is 62.3 Å². The van der Waals surface area contributed by atoms with Crippen LogP contribution in [-0.2, 0) is 9.53 Å². The topological polar surface area (TPSA) is 35.5 Å². The molecule has 1 aromatic rings. The predicted molar refractivity (Wildman–Crippen MR) is 106 cm³/mol. The molecule has 1 aromatic carbocycles. The van der Waals surface area contributed by atoms with E-state index in [0.29, 0.717) is 0 Å². The molecule has 0 aromatic heterocycles. The van der Waals surface area contributed by atoms with Gasteiger partial charge < -0.3 is 9.47 Å². The molecule has 1 aliphatic rings. The summed E-state index contributed by atoms with van der Waals surface area (Å²) in [6.45, 7) is 7.96. The van der Waals surface area contributed by atoms with Crippen LogP contribution in [0.15, 0.2) is 59.9 Å². The first kappa shape index (κ1) is 20.0. The fourth-order valence-electron chi connectivity index (χ4n) is 3.57. The van der Waals surface area contributed by atoms with Crippen molar-refractivity contribution in [2.24, 2.45) is 5.41 Å². The lowest BCUT2D eigenvalue weighted by atomic mass is 9.69. The summed E-state index contributed by atoms with van der Waals surface area (Å²) in [5, 5.41) is 0. The van der Waals surface area contributed by atoms with Crippen LogP contribution in [0.2, 0.25) is 0 Å². The van der Waals surface area contributed by atoms with E-state index in [1.807, 2.05) is 18.2 Å². The van der Waals surface area contributed by atoms with Gasteiger partial charge in [0.25, 0.3) is 0 Å². The van der Waals surface area contributed by atoms with Crippen molar-refractivity contribution in [1.29, 1.82) is 0 Å². The Kier molecular flexibility index (Phi) is 6.84. The Balaban J connectivity index is 2.45. The number of allylic oxidation sites excluding steroid dienone is 6. The summed E-state index contributed by atoms with van der Waals surface area (Å²) >= 11 is 0. The third-order valence-corrected chi connectivity index (χ3v) is 4.84. The fraction of sp³-hybridized carbons (Fsp3) is 0.435. The van der Waals surface area contributed by atoms with E-state index in [0.717, 1.165) is 36.3 Å². The predicted octanol–water partition coefficient (Wildman–Crippen LogP) is 5.94. The Hall–Kier alpha value is -2.29. The number of ether oxygens (including phenoxy) is 2. The average molecular weight is 354 g/mol. The number of benzene rings is 1. The van der Waals surface area contributed by atoms with Gasteiger partial charge in [0.1, 0.15) is 11.5 Å². The second-order valence-electron chi connectivity index (χ2n) is 7.37. The van der Waals surface area contributed by atoms with Crippen LogP contribution in [0.1, 0.15) is 58.4 Å². The molecule has 0 bridgehead atoms. The monoisotopic (exact) mass is 354 g/mol. The van der Waals surface area contributed by atoms with Gasteiger partial charge in [-0.3, -0.25) is 4.79 Å². The van der Waals surface area contributed by atoms with Crippen LogP contribution in [0.5, 0.6) is 5.75 Å². The van der Waals surface area contributed by atoms with Crippen molar-refractivity contribution in [2.75, 3.05) is 7.11 Å². The second kappa shape index (κ2) is 8.88. The zero-order valence-electron chi connectivity index (χ0n) is 16.5. The summed E-state index contributed by atoms with van der Waals surface area (Å²) < 4.78 is 10.9. The zero-order chi connectivity index (χ0) is 19.2. The van der Waals surface area contributed by atoms with E-state index in [4.69, 9.17) is 9.47 Å². The quantitative estimate of drug-likeness (QED) is 0.468. The summed E-state index contributed by atoms with van der Waals surface area (Å²) in [7, 11) is 1.66. The molecule has 0 saturated heterocycles. The third kappa shape index (κ3) is 5.10. The van der Waals surface area contributed by atoms with Crippen molar-refractivity contribution < 1.29 is 14.3 Å². The lowest BCUT2D eigenvalue weighted by molar-refractivity contribution is -0.137. The molecule has 1 aliphatic carbocycles. The van der Waals surface area contributed by atoms with Crippen molar-refractivity contribution in [1.82, 2.24) is 0 Å². The molecular formula is C23H30O3. The van der Waals surface area contributed by atoms with Gasteiger partial charge in [-0.15, -0.1) is 0 Å². The summed E-state index contributed by atoms with van der Waals surface area (Å²) in [5.74, 6) is 1.28. The largest absolute Gasteiger partial charge is 0.497 e. The van der Waals surface area contributed by atoms with E-state index in [9.17, 15) is 4.79 Å². The number of carbonyl (C=O) groups is 1. The van der Waals surface area contributed by atoms with E-state index in [-0.39, 0.29) is 17.3 Å². The summed E-state index contributed by atoms with van der Waals surface area (Å²) in [4.78, 5) is 11.7. The molecule has 0 unspecified atom stereocenters. The van der Waals surface area contributed by atoms with Crippen LogP contribution in [0.25, 0.3) is 0 Å². The van der Waals surface area contributed by atoms with Gasteiger partial charge in [-0.1, -0.05) is 42.9 Å². The molecular weight excluding hydrogens is 324 g/mol. The van der Waals surface area contributed by atoms with Crippen LogP contribution >= 0.6 is 0 Å². The number of methoxy groups -OCH3 is 1. The minimum Gasteiger partial charge on any atom is -0.497 e. The van der Waals surface area contributed by atoms with E-state index in [2.05, 4.69) is 51.1 Å². The highest BCUT2D eigenvalue weighted by molar-refractivity contribution is 5.67. The maximum Gasteiger partial charge on any atom is 0.307 e. The van der Waals surface area contributed by atoms with Gasteiger partial charge in [0.2, 0.25) is 0 Å². The van der Waals surface area contributed by atoms with Crippen molar-refractivity contribution in [2.45, 2.75) is 52.9 Å². The lowest BCUT2D eigenvalue weighted by Gasteiger charge is -2.36. The Morgan fingerprint density at radius 3 is 2.50 bits per heavy atom. The first-order chi connectivity index (χ1) is 12.4. The number of rotatable bonds is 6. The molecule has 26 heavy (non-hydrogen) atoms. The zero-order valence-corrected chi connectivity index (χ0v) is 16.5. The smallest absolute Gasteiger partial charge is 0.307 e. The molecule has 0 fully saturated rings. The highest BCUT2D eigenvalue weighted by Crippen LogP contribution is 2.47. The molecule has 140 valence electrons. The Bertz CT molecular complexity index is 705. The minimum atomic E-state index is -0.275. The summed E-state index contributed by atoms with van der Waals surface area (Å²) in [5.41, 5.74) is 2.31. The molecule has 0 aliphatic heterocycles. The molecule has 3 nitrogen and oxygen atoms in total. The van der Waals surface area contributed by atoms with E-state index < -0.39 is 0 Å². The first-order valence-electron chi connectivity index (χ1n) is 9.19. The van der Waals surface area contributed by atoms with Gasteiger partial charge in [0.15, 0.2) is 0 Å². The normalized spacial score (nSPS) is 22.2. The first-order valence-corrected chi connectivity index (χ1v) is 9.19. The van der Waals surface area contributed by atoms with Crippen molar-refractivity contribution in [3.05, 3.63) is 65.5 Å². The maximum absolute atomic E-state index is 11.7. The average Bonchev–Trinajstić information content (AvgIpc) is 2.73. The lowest BCUT2D eigenvalue weighted by Crippen LogP contribution is -2.26. The molecule has 0 N–H and O–H groups in total. The maximum atomic E-state index is 11.7. The molecule has 0 heterocycles. The highest BCUT2D eigenvalue weighted by atomic mass is 16.5. The molecule has 2 rings (SSSR count). The van der Waals surface area contributed by atoms with E-state index >= 15 is 0 Å². The molecule has 0 radical (unpaired) electrons. The van der Waals surface area contributed by atoms with E-state index in [1.165, 1.54) is 12.5 Å². The standard InChI is InChI=1S/C23H30O3/c1-17(2)9-8-16-23(4)15-7-6-10-21(26-18(3)24)22(23)19-11-13-20(25-5)14-12-19/h7,9-15,22H,6,8,16H2,1-5H3/t22-,23-/m1/s1. The number of carbonyl (C=O) groups excluding carboxylic acids is 1. The van der Waals surface area contributed by atoms with Crippen LogP contribution in [0.4, 0.5) is 0 Å². The van der Waals surface area contributed by atoms with Gasteiger partial charge in [0, 0.05) is 6.92 Å². The van der Waals surface area contributed by atoms with Crippen LogP contribution in [0, 0.1) is 5.41 Å². The van der Waals surface area contributed by atoms with Gasteiger partial charge in [-0.25, -0.2) is 0 Å². The number of hydrogen-bond acceptors (Lipinski definition) is 3. The van der Waals surface area contributed by atoms with Gasteiger partial charge in [-0.2, -0.15) is 0 Å². The summed E-state index contributed by atoms with van der Waals surface area (Å²) in [6.07, 6.45) is 11.5. The molecule has 0 saturated carbocycles. The van der Waals surface area contributed by atoms with Crippen molar-refractivity contribution in [3.63, 3.8) is 0 Å². The molecule has 2 atom stereocenters. The highest BCUT2D eigenvalue weighted by Gasteiger charge is 2.37. The Morgan fingerprint density at radius 2 is 1.92 bits per heavy atom. The van der Waals surface area contributed by atoms with Gasteiger partial charge >= 0.3 is 5.97 Å². The molecule has 0 amide bonds. The second-order valence-corrected chi connectivity index (χ2v) is 7.37. The number of esters is 1. The van der Waals surface area contributed by atoms with Crippen molar-refractivity contribution >= 4 is 5.97 Å². The Labute approximate surface area is 157 Å². The Morgan fingerprint density at radius 1 is 1.23 bits per heavy atom. The summed E-state index contributed by atoms with van der Waals surface area (Å²) in [6, 6.07) is 8.07.